The number of rotatable bonds is 2. The van der Waals surface area contributed by atoms with Gasteiger partial charge in [0, 0.05) is 17.4 Å². The van der Waals surface area contributed by atoms with Crippen LogP contribution in [0.5, 0.6) is 5.75 Å². The van der Waals surface area contributed by atoms with E-state index in [4.69, 9.17) is 9.26 Å². The van der Waals surface area contributed by atoms with Crippen LogP contribution in [-0.4, -0.2) is 29.3 Å². The Morgan fingerprint density at radius 1 is 1.43 bits per heavy atom. The van der Waals surface area contributed by atoms with Gasteiger partial charge in [0.05, 0.1) is 12.7 Å². The minimum absolute atomic E-state index is 0.333. The molecule has 3 rings (SSSR count). The Morgan fingerprint density at radius 2 is 2.19 bits per heavy atom. The molecule has 0 spiro atoms. The van der Waals surface area contributed by atoms with Gasteiger partial charge in [-0.3, -0.25) is 4.79 Å². The molecule has 1 aromatic carbocycles. The second-order valence-corrected chi connectivity index (χ2v) is 5.99. The van der Waals surface area contributed by atoms with E-state index >= 15 is 0 Å². The lowest BCUT2D eigenvalue weighted by Crippen LogP contribution is -2.42. The third-order valence-electron chi connectivity index (χ3n) is 3.96. The quantitative estimate of drug-likeness (QED) is 0.918. The molecule has 2 aromatic rings. The first kappa shape index (κ1) is 13.8. The fraction of sp³-hybridized carbons (Fsp3) is 0.375. The van der Waals surface area contributed by atoms with Gasteiger partial charge in [-0.05, 0) is 12.1 Å². The summed E-state index contributed by atoms with van der Waals surface area (Å²) in [7, 11) is 1.58. The van der Waals surface area contributed by atoms with Crippen LogP contribution in [0.4, 0.5) is 0 Å². The van der Waals surface area contributed by atoms with E-state index in [1.807, 2.05) is 32.0 Å². The molecule has 21 heavy (non-hydrogen) atoms. The molecule has 5 heteroatoms. The fourth-order valence-corrected chi connectivity index (χ4v) is 2.67. The lowest BCUT2D eigenvalue weighted by atomic mass is 9.73. The normalized spacial score (nSPS) is 20.2. The summed E-state index contributed by atoms with van der Waals surface area (Å²) in [6.45, 7) is 3.68. The van der Waals surface area contributed by atoms with Crippen molar-refractivity contribution in [2.24, 2.45) is 5.41 Å². The predicted molar refractivity (Wildman–Crippen MR) is 76.3 cm³/mol. The smallest absolute Gasteiger partial charge is 0.197 e. The highest BCUT2D eigenvalue weighted by atomic mass is 16.5. The van der Waals surface area contributed by atoms with Crippen molar-refractivity contribution in [2.75, 3.05) is 7.11 Å². The maximum atomic E-state index is 12.5. The van der Waals surface area contributed by atoms with Crippen molar-refractivity contribution in [3.63, 3.8) is 0 Å². The van der Waals surface area contributed by atoms with Crippen LogP contribution < -0.4 is 4.74 Å². The van der Waals surface area contributed by atoms with Gasteiger partial charge in [-0.25, -0.2) is 0 Å². The summed E-state index contributed by atoms with van der Waals surface area (Å²) in [5.41, 5.74) is 1.04. The summed E-state index contributed by atoms with van der Waals surface area (Å²) in [5.74, 6) is 0.877. The Bertz CT molecular complexity index is 702. The third-order valence-corrected chi connectivity index (χ3v) is 3.96. The average Bonchev–Trinajstić information content (AvgIpc) is 2.88. The number of Topliss-reactive ketones (excluding diaryl/α,β-unsaturated/α-hetero) is 1. The van der Waals surface area contributed by atoms with Crippen LogP contribution in [0.15, 0.2) is 28.8 Å². The van der Waals surface area contributed by atoms with Gasteiger partial charge in [0.15, 0.2) is 5.78 Å². The number of hydrogen-bond donors (Lipinski definition) is 1. The van der Waals surface area contributed by atoms with E-state index in [1.54, 1.807) is 13.2 Å². The van der Waals surface area contributed by atoms with E-state index in [9.17, 15) is 9.90 Å². The molecule has 0 saturated carbocycles. The molecule has 1 aliphatic rings. The molecule has 0 saturated heterocycles. The Kier molecular flexibility index (Phi) is 3.10. The lowest BCUT2D eigenvalue weighted by Gasteiger charge is -2.32. The van der Waals surface area contributed by atoms with Crippen LogP contribution in [0.2, 0.25) is 0 Å². The van der Waals surface area contributed by atoms with E-state index in [2.05, 4.69) is 5.16 Å². The number of fused-ring (bicyclic) bond motifs is 1. The molecular weight excluding hydrogens is 270 g/mol. The van der Waals surface area contributed by atoms with Crippen LogP contribution in [-0.2, 0) is 6.42 Å². The van der Waals surface area contributed by atoms with Gasteiger partial charge >= 0.3 is 0 Å². The number of nitrogens with zero attached hydrogens (tertiary/aromatic N) is 1. The topological polar surface area (TPSA) is 72.6 Å². The second kappa shape index (κ2) is 4.70. The van der Waals surface area contributed by atoms with E-state index in [-0.39, 0.29) is 5.78 Å². The molecule has 1 aliphatic carbocycles. The van der Waals surface area contributed by atoms with Crippen LogP contribution in [0, 0.1) is 5.41 Å². The summed E-state index contributed by atoms with van der Waals surface area (Å²) < 4.78 is 10.5. The number of carbonyl (C=O) groups is 1. The minimum Gasteiger partial charge on any atom is -0.497 e. The van der Waals surface area contributed by atoms with Crippen molar-refractivity contribution < 1.29 is 19.2 Å². The summed E-state index contributed by atoms with van der Waals surface area (Å²) in [5, 5.41) is 14.2. The molecule has 0 amide bonds. The Morgan fingerprint density at radius 3 is 2.90 bits per heavy atom. The van der Waals surface area contributed by atoms with Gasteiger partial charge < -0.3 is 14.4 Å². The molecule has 0 radical (unpaired) electrons. The van der Waals surface area contributed by atoms with Crippen molar-refractivity contribution in [3.05, 3.63) is 35.6 Å². The van der Waals surface area contributed by atoms with Gasteiger partial charge in [0.1, 0.15) is 23.3 Å². The fourth-order valence-electron chi connectivity index (χ4n) is 2.67. The third kappa shape index (κ3) is 2.14. The second-order valence-electron chi connectivity index (χ2n) is 5.99. The highest BCUT2D eigenvalue weighted by Crippen LogP contribution is 2.39. The maximum absolute atomic E-state index is 12.5. The highest BCUT2D eigenvalue weighted by molar-refractivity contribution is 6.06. The average molecular weight is 287 g/mol. The van der Waals surface area contributed by atoms with Gasteiger partial charge in [0.25, 0.3) is 0 Å². The number of methoxy groups -OCH3 is 1. The molecule has 1 atom stereocenters. The number of aliphatic hydroxyl groups excluding tert-OH is 1. The van der Waals surface area contributed by atoms with Gasteiger partial charge in [-0.1, -0.05) is 31.1 Å². The molecule has 0 aliphatic heterocycles. The first-order chi connectivity index (χ1) is 9.94. The summed E-state index contributed by atoms with van der Waals surface area (Å²) in [6.07, 6.45) is -0.569. The standard InChI is InChI=1S/C16H17NO4/c1-16(2)8-11-12(14(18)15(16)19)13(17-21-11)9-5-4-6-10(7-9)20-3/h4-7,15,19H,8H2,1-3H3. The molecule has 0 bridgehead atoms. The van der Waals surface area contributed by atoms with Crippen molar-refractivity contribution >= 4 is 5.78 Å². The number of carbonyl (C=O) groups excluding carboxylic acids is 1. The van der Waals surface area contributed by atoms with Crippen LogP contribution in [0.3, 0.4) is 0 Å². The number of aromatic nitrogens is 1. The number of hydrogen-bond acceptors (Lipinski definition) is 5. The van der Waals surface area contributed by atoms with Gasteiger partial charge in [-0.15, -0.1) is 0 Å². The van der Waals surface area contributed by atoms with Crippen LogP contribution in [0.25, 0.3) is 11.3 Å². The monoisotopic (exact) mass is 287 g/mol. The van der Waals surface area contributed by atoms with Crippen LogP contribution in [0.1, 0.15) is 30.0 Å². The molecule has 1 N–H and O–H groups in total. The van der Waals surface area contributed by atoms with Gasteiger partial charge in [-0.2, -0.15) is 0 Å². The van der Waals surface area contributed by atoms with E-state index in [0.29, 0.717) is 29.2 Å². The van der Waals surface area contributed by atoms with E-state index in [1.165, 1.54) is 0 Å². The van der Waals surface area contributed by atoms with Crippen LogP contribution >= 0.6 is 0 Å². The summed E-state index contributed by atoms with van der Waals surface area (Å²) in [4.78, 5) is 12.5. The molecular formula is C16H17NO4. The molecule has 1 aromatic heterocycles. The number of aliphatic hydroxyl groups is 1. The Labute approximate surface area is 122 Å². The molecule has 1 unspecified atom stereocenters. The molecule has 0 fully saturated rings. The zero-order chi connectivity index (χ0) is 15.2. The zero-order valence-electron chi connectivity index (χ0n) is 12.2. The summed E-state index contributed by atoms with van der Waals surface area (Å²) >= 11 is 0. The minimum atomic E-state index is -1.05. The first-order valence-electron chi connectivity index (χ1n) is 6.79. The SMILES string of the molecule is COc1cccc(-c2noc3c2C(=O)C(O)C(C)(C)C3)c1. The number of ether oxygens (including phenoxy) is 1. The van der Waals surface area contributed by atoms with Crippen molar-refractivity contribution in [1.82, 2.24) is 5.16 Å². The zero-order valence-corrected chi connectivity index (χ0v) is 12.2. The number of benzene rings is 1. The Balaban J connectivity index is 2.12. The molecule has 5 nitrogen and oxygen atoms in total. The predicted octanol–water partition coefficient (Wildman–Crippen LogP) is 2.48. The maximum Gasteiger partial charge on any atom is 0.197 e. The lowest BCUT2D eigenvalue weighted by molar-refractivity contribution is 0.0308. The summed E-state index contributed by atoms with van der Waals surface area (Å²) in [6, 6.07) is 7.26. The van der Waals surface area contributed by atoms with E-state index in [0.717, 1.165) is 5.56 Å². The first-order valence-corrected chi connectivity index (χ1v) is 6.79. The number of ketones is 1. The van der Waals surface area contributed by atoms with Crippen molar-refractivity contribution in [1.29, 1.82) is 0 Å². The Hall–Kier alpha value is -2.14. The highest BCUT2D eigenvalue weighted by Gasteiger charge is 2.44. The van der Waals surface area contributed by atoms with Crippen molar-refractivity contribution in [2.45, 2.75) is 26.4 Å². The van der Waals surface area contributed by atoms with Crippen molar-refractivity contribution in [3.8, 4) is 17.0 Å². The largest absolute Gasteiger partial charge is 0.497 e. The molecule has 1 heterocycles. The molecule has 110 valence electrons. The van der Waals surface area contributed by atoms with Gasteiger partial charge in [0.2, 0.25) is 0 Å². The van der Waals surface area contributed by atoms with E-state index < -0.39 is 11.5 Å².